The quantitative estimate of drug-likeness (QED) is 0.815. The Morgan fingerprint density at radius 1 is 0.880 bits per heavy atom. The standard InChI is InChI=1S/C22H25NO2/c1-2-14-23-16-10-6-12-18(24)21(16)20(15-8-4-3-5-9-15)22-17(23)11-7-13-19(22)25/h3-5,8-9,20H,2,6-7,10-14H2,1H3. The molecule has 3 nitrogen and oxygen atoms in total. The Balaban J connectivity index is 1.95. The molecule has 2 aliphatic carbocycles. The smallest absolute Gasteiger partial charge is 0.161 e. The van der Waals surface area contributed by atoms with Gasteiger partial charge in [0.25, 0.3) is 0 Å². The highest BCUT2D eigenvalue weighted by molar-refractivity contribution is 6.06. The third-order valence-corrected chi connectivity index (χ3v) is 5.67. The lowest BCUT2D eigenvalue weighted by molar-refractivity contribution is -0.117. The van der Waals surface area contributed by atoms with Crippen LogP contribution in [0.3, 0.4) is 0 Å². The number of Topliss-reactive ketones (excluding diaryl/α,β-unsaturated/α-hetero) is 2. The number of allylic oxidation sites excluding steroid dienone is 4. The first-order chi connectivity index (χ1) is 12.2. The largest absolute Gasteiger partial charge is 0.348 e. The highest BCUT2D eigenvalue weighted by Gasteiger charge is 2.42. The molecule has 1 aromatic carbocycles. The van der Waals surface area contributed by atoms with Gasteiger partial charge in [0.15, 0.2) is 11.6 Å². The van der Waals surface area contributed by atoms with Gasteiger partial charge < -0.3 is 4.90 Å². The number of hydrogen-bond donors (Lipinski definition) is 0. The van der Waals surface area contributed by atoms with E-state index < -0.39 is 0 Å². The van der Waals surface area contributed by atoms with E-state index >= 15 is 0 Å². The summed E-state index contributed by atoms with van der Waals surface area (Å²) in [7, 11) is 0. The van der Waals surface area contributed by atoms with E-state index in [1.54, 1.807) is 0 Å². The van der Waals surface area contributed by atoms with Gasteiger partial charge in [-0.15, -0.1) is 0 Å². The molecule has 0 amide bonds. The molecule has 3 heteroatoms. The number of nitrogens with zero attached hydrogens (tertiary/aromatic N) is 1. The topological polar surface area (TPSA) is 37.4 Å². The van der Waals surface area contributed by atoms with E-state index in [9.17, 15) is 9.59 Å². The minimum Gasteiger partial charge on any atom is -0.348 e. The van der Waals surface area contributed by atoms with Crippen molar-refractivity contribution >= 4 is 11.6 Å². The Labute approximate surface area is 149 Å². The molecule has 0 unspecified atom stereocenters. The predicted octanol–water partition coefficient (Wildman–Crippen LogP) is 4.51. The lowest BCUT2D eigenvalue weighted by atomic mass is 9.71. The summed E-state index contributed by atoms with van der Waals surface area (Å²) in [5.74, 6) is 0.321. The molecule has 1 heterocycles. The minimum absolute atomic E-state index is 0.153. The summed E-state index contributed by atoms with van der Waals surface area (Å²) in [4.78, 5) is 28.2. The maximum Gasteiger partial charge on any atom is 0.161 e. The van der Waals surface area contributed by atoms with Crippen LogP contribution in [0, 0.1) is 0 Å². The van der Waals surface area contributed by atoms with Crippen molar-refractivity contribution in [3.63, 3.8) is 0 Å². The second kappa shape index (κ2) is 6.62. The summed E-state index contributed by atoms with van der Waals surface area (Å²) in [5.41, 5.74) is 5.28. The maximum atomic E-state index is 12.9. The zero-order valence-electron chi connectivity index (χ0n) is 14.9. The summed E-state index contributed by atoms with van der Waals surface area (Å²) < 4.78 is 0. The second-order valence-corrected chi connectivity index (χ2v) is 7.27. The van der Waals surface area contributed by atoms with Gasteiger partial charge in [-0.1, -0.05) is 37.3 Å². The predicted molar refractivity (Wildman–Crippen MR) is 97.9 cm³/mol. The van der Waals surface area contributed by atoms with Gasteiger partial charge in [-0.25, -0.2) is 0 Å². The summed E-state index contributed by atoms with van der Waals surface area (Å²) >= 11 is 0. The van der Waals surface area contributed by atoms with Crippen LogP contribution < -0.4 is 0 Å². The molecule has 25 heavy (non-hydrogen) atoms. The molecule has 0 aromatic heterocycles. The van der Waals surface area contributed by atoms with E-state index in [1.165, 1.54) is 11.4 Å². The molecular formula is C22H25NO2. The summed E-state index contributed by atoms with van der Waals surface area (Å²) in [6.07, 6.45) is 6.00. The first-order valence-corrected chi connectivity index (χ1v) is 9.57. The van der Waals surface area contributed by atoms with Crippen LogP contribution in [-0.2, 0) is 9.59 Å². The Hall–Kier alpha value is -2.16. The molecule has 130 valence electrons. The molecule has 0 spiro atoms. The minimum atomic E-state index is -0.153. The van der Waals surface area contributed by atoms with Crippen molar-refractivity contribution in [3.05, 3.63) is 58.4 Å². The van der Waals surface area contributed by atoms with Gasteiger partial charge in [0.2, 0.25) is 0 Å². The molecule has 1 aliphatic heterocycles. The zero-order valence-corrected chi connectivity index (χ0v) is 14.9. The van der Waals surface area contributed by atoms with Crippen LogP contribution in [0.4, 0.5) is 0 Å². The number of hydrogen-bond acceptors (Lipinski definition) is 3. The van der Waals surface area contributed by atoms with Crippen molar-refractivity contribution in [3.8, 4) is 0 Å². The van der Waals surface area contributed by atoms with Gasteiger partial charge in [-0.2, -0.15) is 0 Å². The molecular weight excluding hydrogens is 310 g/mol. The first-order valence-electron chi connectivity index (χ1n) is 9.57. The monoisotopic (exact) mass is 335 g/mol. The Kier molecular flexibility index (Phi) is 4.32. The summed E-state index contributed by atoms with van der Waals surface area (Å²) in [6.45, 7) is 3.07. The molecule has 3 aliphatic rings. The van der Waals surface area contributed by atoms with Crippen molar-refractivity contribution in [2.24, 2.45) is 0 Å². The van der Waals surface area contributed by atoms with Crippen LogP contribution in [0.25, 0.3) is 0 Å². The van der Waals surface area contributed by atoms with Crippen LogP contribution >= 0.6 is 0 Å². The zero-order chi connectivity index (χ0) is 17.4. The van der Waals surface area contributed by atoms with Gasteiger partial charge in [0.05, 0.1) is 0 Å². The fourth-order valence-electron chi connectivity index (χ4n) is 4.69. The molecule has 0 atom stereocenters. The lowest BCUT2D eigenvalue weighted by Crippen LogP contribution is -2.39. The Morgan fingerprint density at radius 3 is 1.96 bits per heavy atom. The van der Waals surface area contributed by atoms with E-state index in [1.807, 2.05) is 18.2 Å². The fourth-order valence-corrected chi connectivity index (χ4v) is 4.69. The van der Waals surface area contributed by atoms with Crippen LogP contribution in [-0.4, -0.2) is 23.0 Å². The highest BCUT2D eigenvalue weighted by atomic mass is 16.1. The molecule has 4 rings (SSSR count). The highest BCUT2D eigenvalue weighted by Crippen LogP contribution is 2.48. The van der Waals surface area contributed by atoms with E-state index in [2.05, 4.69) is 24.0 Å². The number of benzene rings is 1. The third kappa shape index (κ3) is 2.66. The summed E-state index contributed by atoms with van der Waals surface area (Å²) in [5, 5.41) is 0. The van der Waals surface area contributed by atoms with Crippen molar-refractivity contribution in [1.82, 2.24) is 4.90 Å². The normalized spacial score (nSPS) is 21.6. The van der Waals surface area contributed by atoms with Gasteiger partial charge in [0, 0.05) is 47.8 Å². The molecule has 0 saturated carbocycles. The van der Waals surface area contributed by atoms with E-state index in [0.717, 1.165) is 55.4 Å². The van der Waals surface area contributed by atoms with E-state index in [4.69, 9.17) is 0 Å². The van der Waals surface area contributed by atoms with Crippen LogP contribution in [0.5, 0.6) is 0 Å². The van der Waals surface area contributed by atoms with Crippen molar-refractivity contribution in [1.29, 1.82) is 0 Å². The summed E-state index contributed by atoms with van der Waals surface area (Å²) in [6, 6.07) is 10.1. The fraction of sp³-hybridized carbons (Fsp3) is 0.455. The second-order valence-electron chi connectivity index (χ2n) is 7.27. The van der Waals surface area contributed by atoms with Crippen LogP contribution in [0.15, 0.2) is 52.9 Å². The third-order valence-electron chi connectivity index (χ3n) is 5.67. The van der Waals surface area contributed by atoms with Gasteiger partial charge in [-0.3, -0.25) is 9.59 Å². The molecule has 0 N–H and O–H groups in total. The van der Waals surface area contributed by atoms with Gasteiger partial charge in [0.1, 0.15) is 0 Å². The SMILES string of the molecule is CCCN1C2=C(C(=O)CCC2)C(c2ccccc2)C2=C1CCCC2=O. The first kappa shape index (κ1) is 16.3. The number of carbonyl (C=O) groups is 2. The van der Waals surface area contributed by atoms with Crippen molar-refractivity contribution in [2.45, 2.75) is 57.8 Å². The molecule has 0 fully saturated rings. The lowest BCUT2D eigenvalue weighted by Gasteiger charge is -2.44. The number of ketones is 2. The average Bonchev–Trinajstić information content (AvgIpc) is 2.63. The molecule has 1 aromatic rings. The van der Waals surface area contributed by atoms with Crippen LogP contribution in [0.1, 0.15) is 63.4 Å². The Morgan fingerprint density at radius 2 is 1.44 bits per heavy atom. The van der Waals surface area contributed by atoms with Crippen molar-refractivity contribution in [2.75, 3.05) is 6.54 Å². The number of carbonyl (C=O) groups excluding carboxylic acids is 2. The van der Waals surface area contributed by atoms with Gasteiger partial charge in [-0.05, 0) is 37.7 Å². The molecule has 0 saturated heterocycles. The van der Waals surface area contributed by atoms with Crippen LogP contribution in [0.2, 0.25) is 0 Å². The molecule has 0 radical (unpaired) electrons. The average molecular weight is 335 g/mol. The van der Waals surface area contributed by atoms with Crippen molar-refractivity contribution < 1.29 is 9.59 Å². The molecule has 0 bridgehead atoms. The van der Waals surface area contributed by atoms with E-state index in [-0.39, 0.29) is 17.5 Å². The maximum absolute atomic E-state index is 12.9. The number of rotatable bonds is 3. The van der Waals surface area contributed by atoms with Gasteiger partial charge >= 0.3 is 0 Å². The van der Waals surface area contributed by atoms with E-state index in [0.29, 0.717) is 12.8 Å². The Bertz CT molecular complexity index is 728.